The van der Waals surface area contributed by atoms with Gasteiger partial charge in [0.1, 0.15) is 0 Å². The number of nitrogens with zero attached hydrogens (tertiary/aromatic N) is 1. The first-order chi connectivity index (χ1) is 7.27. The van der Waals surface area contributed by atoms with Gasteiger partial charge in [0, 0.05) is 11.8 Å². The lowest BCUT2D eigenvalue weighted by Gasteiger charge is -2.13. The van der Waals surface area contributed by atoms with Crippen LogP contribution in [0.5, 0.6) is 0 Å². The lowest BCUT2D eigenvalue weighted by Crippen LogP contribution is -2.11. The second-order valence-corrected chi connectivity index (χ2v) is 5.47. The van der Waals surface area contributed by atoms with Gasteiger partial charge in [-0.25, -0.2) is 17.6 Å². The molecule has 86 valence electrons. The van der Waals surface area contributed by atoms with Crippen LogP contribution in [0.2, 0.25) is 0 Å². The molecule has 0 aliphatic carbocycles. The first kappa shape index (κ1) is 12.5. The SMILES string of the molecule is CC(F)(N=C=O)c1ccc(S(C)(=O)=O)cc1. The fourth-order valence-electron chi connectivity index (χ4n) is 1.16. The average molecular weight is 243 g/mol. The molecule has 1 aromatic carbocycles. The van der Waals surface area contributed by atoms with Crippen LogP contribution in [0.1, 0.15) is 12.5 Å². The quantitative estimate of drug-likeness (QED) is 0.460. The van der Waals surface area contributed by atoms with Crippen molar-refractivity contribution in [2.24, 2.45) is 4.99 Å². The maximum absolute atomic E-state index is 13.7. The van der Waals surface area contributed by atoms with E-state index < -0.39 is 15.6 Å². The van der Waals surface area contributed by atoms with E-state index in [-0.39, 0.29) is 10.5 Å². The molecular weight excluding hydrogens is 233 g/mol. The first-order valence-electron chi connectivity index (χ1n) is 4.36. The predicted octanol–water partition coefficient (Wildman–Crippen LogP) is 1.57. The minimum atomic E-state index is -3.31. The summed E-state index contributed by atoms with van der Waals surface area (Å²) < 4.78 is 36.0. The van der Waals surface area contributed by atoms with Crippen molar-refractivity contribution in [3.63, 3.8) is 0 Å². The fraction of sp³-hybridized carbons (Fsp3) is 0.300. The highest BCUT2D eigenvalue weighted by Gasteiger charge is 2.24. The molecule has 0 fully saturated rings. The smallest absolute Gasteiger partial charge is 0.224 e. The van der Waals surface area contributed by atoms with Gasteiger partial charge in [0.05, 0.1) is 4.90 Å². The van der Waals surface area contributed by atoms with Gasteiger partial charge >= 0.3 is 0 Å². The van der Waals surface area contributed by atoms with Gasteiger partial charge in [-0.1, -0.05) is 12.1 Å². The summed E-state index contributed by atoms with van der Waals surface area (Å²) >= 11 is 0. The van der Waals surface area contributed by atoms with Crippen molar-refractivity contribution in [1.29, 1.82) is 0 Å². The summed E-state index contributed by atoms with van der Waals surface area (Å²) in [4.78, 5) is 13.1. The summed E-state index contributed by atoms with van der Waals surface area (Å²) in [6.45, 7) is 1.09. The number of halogens is 1. The Balaban J connectivity index is 3.19. The van der Waals surface area contributed by atoms with Crippen LogP contribution in [-0.2, 0) is 20.4 Å². The largest absolute Gasteiger partial charge is 0.238 e. The second kappa shape index (κ2) is 4.15. The van der Waals surface area contributed by atoms with Gasteiger partial charge in [-0.15, -0.1) is 0 Å². The number of isocyanates is 1. The minimum Gasteiger partial charge on any atom is -0.224 e. The number of alkyl halides is 1. The third-order valence-corrected chi connectivity index (χ3v) is 3.19. The van der Waals surface area contributed by atoms with Gasteiger partial charge in [0.2, 0.25) is 11.9 Å². The van der Waals surface area contributed by atoms with E-state index in [1.54, 1.807) is 0 Å². The van der Waals surface area contributed by atoms with Gasteiger partial charge in [-0.3, -0.25) is 0 Å². The maximum Gasteiger partial charge on any atom is 0.238 e. The molecule has 0 saturated heterocycles. The topological polar surface area (TPSA) is 63.6 Å². The Labute approximate surface area is 92.7 Å². The number of aliphatic imine (C=N–C) groups is 1. The molecule has 1 aromatic rings. The molecule has 4 nitrogen and oxygen atoms in total. The van der Waals surface area contributed by atoms with E-state index in [0.717, 1.165) is 19.3 Å². The van der Waals surface area contributed by atoms with E-state index in [9.17, 15) is 17.6 Å². The Morgan fingerprint density at radius 2 is 1.81 bits per heavy atom. The Kier molecular flexibility index (Phi) is 3.26. The van der Waals surface area contributed by atoms with Crippen LogP contribution in [0.25, 0.3) is 0 Å². The third-order valence-electron chi connectivity index (χ3n) is 2.06. The van der Waals surface area contributed by atoms with Crippen molar-refractivity contribution >= 4 is 15.9 Å². The highest BCUT2D eigenvalue weighted by atomic mass is 32.2. The van der Waals surface area contributed by atoms with E-state index in [4.69, 9.17) is 0 Å². The number of benzene rings is 1. The summed E-state index contributed by atoms with van der Waals surface area (Å²) in [5.41, 5.74) is 0.100. The summed E-state index contributed by atoms with van der Waals surface area (Å²) in [5.74, 6) is -2.18. The van der Waals surface area contributed by atoms with Crippen LogP contribution in [0.4, 0.5) is 4.39 Å². The molecule has 0 saturated carbocycles. The van der Waals surface area contributed by atoms with E-state index in [1.165, 1.54) is 24.3 Å². The van der Waals surface area contributed by atoms with Crippen LogP contribution >= 0.6 is 0 Å². The Morgan fingerprint density at radius 3 is 2.19 bits per heavy atom. The molecule has 6 heteroatoms. The van der Waals surface area contributed by atoms with Gasteiger partial charge in [0.25, 0.3) is 0 Å². The Morgan fingerprint density at radius 1 is 1.31 bits per heavy atom. The van der Waals surface area contributed by atoms with Gasteiger partial charge < -0.3 is 0 Å². The van der Waals surface area contributed by atoms with Gasteiger partial charge in [-0.2, -0.15) is 4.99 Å². The molecule has 0 N–H and O–H groups in total. The van der Waals surface area contributed by atoms with E-state index in [1.807, 2.05) is 0 Å². The van der Waals surface area contributed by atoms with E-state index in [2.05, 4.69) is 4.99 Å². The molecule has 0 aliphatic rings. The monoisotopic (exact) mass is 243 g/mol. The lowest BCUT2D eigenvalue weighted by molar-refractivity contribution is 0.206. The van der Waals surface area contributed by atoms with Crippen molar-refractivity contribution in [2.75, 3.05) is 6.26 Å². The number of carbonyl (C=O) groups excluding carboxylic acids is 1. The number of sulfone groups is 1. The van der Waals surface area contributed by atoms with Crippen molar-refractivity contribution in [1.82, 2.24) is 0 Å². The molecule has 0 heterocycles. The molecule has 1 atom stereocenters. The highest BCUT2D eigenvalue weighted by Crippen LogP contribution is 2.27. The zero-order valence-electron chi connectivity index (χ0n) is 8.77. The number of hydrogen-bond acceptors (Lipinski definition) is 4. The van der Waals surface area contributed by atoms with Crippen molar-refractivity contribution in [2.45, 2.75) is 17.6 Å². The predicted molar refractivity (Wildman–Crippen MR) is 56.1 cm³/mol. The van der Waals surface area contributed by atoms with Crippen LogP contribution in [0.3, 0.4) is 0 Å². The van der Waals surface area contributed by atoms with Crippen molar-refractivity contribution in [3.05, 3.63) is 29.8 Å². The molecule has 0 aliphatic heterocycles. The first-order valence-corrected chi connectivity index (χ1v) is 6.25. The molecular formula is C10H10FNO3S. The summed E-state index contributed by atoms with van der Waals surface area (Å²) in [7, 11) is -3.31. The van der Waals surface area contributed by atoms with Crippen LogP contribution in [0.15, 0.2) is 34.2 Å². The lowest BCUT2D eigenvalue weighted by atomic mass is 10.1. The third kappa shape index (κ3) is 2.74. The molecule has 0 radical (unpaired) electrons. The molecule has 0 bridgehead atoms. The standard InChI is InChI=1S/C10H10FNO3S/c1-10(11,12-7-13)8-3-5-9(6-4-8)16(2,14)15/h3-6H,1-2H3. The Hall–Kier alpha value is -1.52. The maximum atomic E-state index is 13.7. The van der Waals surface area contributed by atoms with Crippen LogP contribution in [0, 0.1) is 0 Å². The van der Waals surface area contributed by atoms with Crippen LogP contribution in [-0.4, -0.2) is 20.8 Å². The zero-order valence-corrected chi connectivity index (χ0v) is 9.58. The van der Waals surface area contributed by atoms with Crippen LogP contribution < -0.4 is 0 Å². The van der Waals surface area contributed by atoms with E-state index >= 15 is 0 Å². The minimum absolute atomic E-state index is 0.0853. The van der Waals surface area contributed by atoms with Gasteiger partial charge in [0.15, 0.2) is 9.84 Å². The normalized spacial score (nSPS) is 14.9. The summed E-state index contributed by atoms with van der Waals surface area (Å²) in [6.07, 6.45) is 2.19. The highest BCUT2D eigenvalue weighted by molar-refractivity contribution is 7.90. The molecule has 1 rings (SSSR count). The van der Waals surface area contributed by atoms with E-state index in [0.29, 0.717) is 0 Å². The second-order valence-electron chi connectivity index (χ2n) is 3.45. The molecule has 0 aromatic heterocycles. The average Bonchev–Trinajstić information content (AvgIpc) is 2.16. The zero-order chi connectivity index (χ0) is 12.4. The molecule has 1 unspecified atom stereocenters. The molecule has 0 amide bonds. The van der Waals surface area contributed by atoms with Gasteiger partial charge in [-0.05, 0) is 19.1 Å². The molecule has 0 spiro atoms. The van der Waals surface area contributed by atoms with Crippen molar-refractivity contribution in [3.8, 4) is 0 Å². The Bertz CT molecular complexity index is 528. The van der Waals surface area contributed by atoms with Crippen molar-refractivity contribution < 1.29 is 17.6 Å². The summed E-state index contributed by atoms with van der Waals surface area (Å²) in [5, 5.41) is 0. The number of rotatable bonds is 3. The number of hydrogen-bond donors (Lipinski definition) is 0. The molecule has 16 heavy (non-hydrogen) atoms. The fourth-order valence-corrected chi connectivity index (χ4v) is 1.79. The summed E-state index contributed by atoms with van der Waals surface area (Å²) in [6, 6.07) is 5.08.